The van der Waals surface area contributed by atoms with Crippen LogP contribution in [0.5, 0.6) is 0 Å². The Morgan fingerprint density at radius 2 is 2.12 bits per heavy atom. The minimum Gasteiger partial charge on any atom is -0.463 e. The zero-order chi connectivity index (χ0) is 18.4. The summed E-state index contributed by atoms with van der Waals surface area (Å²) in [5.74, 6) is -0.594. The van der Waals surface area contributed by atoms with Crippen molar-refractivity contribution in [3.8, 4) is 0 Å². The first-order chi connectivity index (χ1) is 11.7. The number of thiophene rings is 1. The first-order valence-corrected chi connectivity index (χ1v) is 10.0. The van der Waals surface area contributed by atoms with Crippen LogP contribution in [0.25, 0.3) is 0 Å². The Morgan fingerprint density at radius 1 is 1.40 bits per heavy atom. The van der Waals surface area contributed by atoms with Gasteiger partial charge in [0.1, 0.15) is 0 Å². The van der Waals surface area contributed by atoms with E-state index < -0.39 is 0 Å². The van der Waals surface area contributed by atoms with Crippen LogP contribution >= 0.6 is 27.3 Å². The maximum atomic E-state index is 13.0. The summed E-state index contributed by atoms with van der Waals surface area (Å²) in [5.41, 5.74) is 2.91. The summed E-state index contributed by atoms with van der Waals surface area (Å²) >= 11 is 5.05. The summed E-state index contributed by atoms with van der Waals surface area (Å²) < 4.78 is 6.27. The molecule has 1 atom stereocenters. The molecule has 0 radical (unpaired) electrons. The fraction of sp³-hybridized carbons (Fsp3) is 0.474. The molecule has 0 spiro atoms. The molecule has 1 aliphatic heterocycles. The second-order valence-electron chi connectivity index (χ2n) is 7.29. The van der Waals surface area contributed by atoms with E-state index in [0.29, 0.717) is 18.6 Å². The number of halogens is 1. The highest BCUT2D eigenvalue weighted by Gasteiger charge is 2.43. The first kappa shape index (κ1) is 18.4. The molecule has 0 unspecified atom stereocenters. The Labute approximate surface area is 160 Å². The monoisotopic (exact) mass is 423 g/mol. The lowest BCUT2D eigenvalue weighted by Crippen LogP contribution is -2.38. The van der Waals surface area contributed by atoms with Gasteiger partial charge in [-0.05, 0) is 53.7 Å². The number of carbonyl (C=O) groups excluding carboxylic acids is 2. The number of esters is 1. The molecule has 0 amide bonds. The van der Waals surface area contributed by atoms with Crippen LogP contribution in [0.3, 0.4) is 0 Å². The number of hydrogen-bond acceptors (Lipinski definition) is 5. The van der Waals surface area contributed by atoms with Gasteiger partial charge in [-0.3, -0.25) is 4.79 Å². The van der Waals surface area contributed by atoms with Gasteiger partial charge in [-0.25, -0.2) is 4.79 Å². The lowest BCUT2D eigenvalue weighted by molar-refractivity contribution is -0.138. The molecule has 0 saturated heterocycles. The third-order valence-corrected chi connectivity index (χ3v) is 6.30. The van der Waals surface area contributed by atoms with Crippen LogP contribution in [0.1, 0.15) is 51.3 Å². The van der Waals surface area contributed by atoms with E-state index in [9.17, 15) is 9.59 Å². The predicted octanol–water partition coefficient (Wildman–Crippen LogP) is 4.68. The lowest BCUT2D eigenvalue weighted by atomic mass is 9.70. The summed E-state index contributed by atoms with van der Waals surface area (Å²) in [5, 5.41) is 3.33. The van der Waals surface area contributed by atoms with Gasteiger partial charge in [-0.15, -0.1) is 11.3 Å². The third-order valence-electron chi connectivity index (χ3n) is 4.61. The van der Waals surface area contributed by atoms with Crippen molar-refractivity contribution in [1.29, 1.82) is 0 Å². The summed E-state index contributed by atoms with van der Waals surface area (Å²) in [4.78, 5) is 26.6. The van der Waals surface area contributed by atoms with Crippen LogP contribution in [-0.4, -0.2) is 18.4 Å². The zero-order valence-corrected chi connectivity index (χ0v) is 17.3. The predicted molar refractivity (Wildman–Crippen MR) is 102 cm³/mol. The lowest BCUT2D eigenvalue weighted by Gasteiger charge is -2.39. The minimum absolute atomic E-state index is 0.0782. The van der Waals surface area contributed by atoms with Crippen LogP contribution in [0.4, 0.5) is 0 Å². The Kier molecular flexibility index (Phi) is 4.95. The van der Waals surface area contributed by atoms with E-state index in [-0.39, 0.29) is 23.1 Å². The molecular weight excluding hydrogens is 402 g/mol. The van der Waals surface area contributed by atoms with Gasteiger partial charge in [0.2, 0.25) is 0 Å². The number of dihydropyridines is 1. The fourth-order valence-electron chi connectivity index (χ4n) is 3.68. The maximum absolute atomic E-state index is 13.0. The summed E-state index contributed by atoms with van der Waals surface area (Å²) in [6.45, 7) is 8.20. The number of Topliss-reactive ketones (excluding diaryl/α,β-unsaturated/α-hetero) is 1. The van der Waals surface area contributed by atoms with E-state index in [2.05, 4.69) is 35.1 Å². The SMILES string of the molecule is CCOC(=O)C1=C(C)NC2=C(C(=O)CC(C)(C)C2)[C@H]1c1ccc(Br)s1. The van der Waals surface area contributed by atoms with E-state index in [1.165, 1.54) is 0 Å². The molecule has 0 bridgehead atoms. The molecule has 0 saturated carbocycles. The second kappa shape index (κ2) is 6.72. The quantitative estimate of drug-likeness (QED) is 0.717. The summed E-state index contributed by atoms with van der Waals surface area (Å²) in [7, 11) is 0. The number of hydrogen-bond donors (Lipinski definition) is 1. The topological polar surface area (TPSA) is 55.4 Å². The first-order valence-electron chi connectivity index (χ1n) is 8.40. The smallest absolute Gasteiger partial charge is 0.336 e. The van der Waals surface area contributed by atoms with Gasteiger partial charge < -0.3 is 10.1 Å². The number of ketones is 1. The number of rotatable bonds is 3. The molecule has 3 rings (SSSR count). The van der Waals surface area contributed by atoms with Crippen LogP contribution in [-0.2, 0) is 14.3 Å². The summed E-state index contributed by atoms with van der Waals surface area (Å²) in [6.07, 6.45) is 1.29. The number of allylic oxidation sites excluding steroid dienone is 3. The third kappa shape index (κ3) is 3.47. The van der Waals surface area contributed by atoms with Gasteiger partial charge in [0.15, 0.2) is 5.78 Å². The van der Waals surface area contributed by atoms with Crippen molar-refractivity contribution in [3.63, 3.8) is 0 Å². The van der Waals surface area contributed by atoms with Crippen molar-refractivity contribution in [3.05, 3.63) is 43.3 Å². The normalized spacial score (nSPS) is 22.6. The highest BCUT2D eigenvalue weighted by Crippen LogP contribution is 2.48. The Hall–Kier alpha value is -1.40. The number of nitrogens with one attached hydrogen (secondary N) is 1. The molecule has 1 aromatic heterocycles. The second-order valence-corrected chi connectivity index (χ2v) is 9.79. The molecule has 1 aliphatic carbocycles. The highest BCUT2D eigenvalue weighted by atomic mass is 79.9. The molecule has 134 valence electrons. The van der Waals surface area contributed by atoms with Crippen molar-refractivity contribution in [2.75, 3.05) is 6.61 Å². The van der Waals surface area contributed by atoms with Crippen LogP contribution in [0.2, 0.25) is 0 Å². The van der Waals surface area contributed by atoms with Crippen LogP contribution in [0.15, 0.2) is 38.5 Å². The summed E-state index contributed by atoms with van der Waals surface area (Å²) in [6, 6.07) is 3.94. The average Bonchev–Trinajstić information content (AvgIpc) is 2.90. The van der Waals surface area contributed by atoms with E-state index in [1.807, 2.05) is 19.1 Å². The molecule has 0 fully saturated rings. The molecule has 2 heterocycles. The molecule has 6 heteroatoms. The van der Waals surface area contributed by atoms with Crippen molar-refractivity contribution in [2.24, 2.45) is 5.41 Å². The van der Waals surface area contributed by atoms with Gasteiger partial charge in [0.05, 0.1) is 21.9 Å². The van der Waals surface area contributed by atoms with Crippen LogP contribution in [0, 0.1) is 5.41 Å². The largest absolute Gasteiger partial charge is 0.463 e. The van der Waals surface area contributed by atoms with Crippen molar-refractivity contribution >= 4 is 39.0 Å². The molecule has 25 heavy (non-hydrogen) atoms. The molecular formula is C19H22BrNO3S. The highest BCUT2D eigenvalue weighted by molar-refractivity contribution is 9.11. The minimum atomic E-state index is -0.355. The average molecular weight is 424 g/mol. The van der Waals surface area contributed by atoms with Crippen molar-refractivity contribution in [2.45, 2.75) is 46.5 Å². The number of carbonyl (C=O) groups is 2. The van der Waals surface area contributed by atoms with Gasteiger partial charge in [0.25, 0.3) is 0 Å². The van der Waals surface area contributed by atoms with E-state index in [4.69, 9.17) is 4.74 Å². The Balaban J connectivity index is 2.15. The van der Waals surface area contributed by atoms with E-state index in [1.54, 1.807) is 18.3 Å². The molecule has 1 aromatic rings. The molecule has 4 nitrogen and oxygen atoms in total. The fourth-order valence-corrected chi connectivity index (χ4v) is 5.23. The van der Waals surface area contributed by atoms with Crippen LogP contribution < -0.4 is 5.32 Å². The standard InChI is InChI=1S/C19H22BrNO3S/c1-5-24-18(23)15-10(2)21-11-8-19(3,4)9-12(22)16(11)17(15)13-6-7-14(20)25-13/h6-7,17,21H,5,8-9H2,1-4H3/t17-/m0/s1. The van der Waals surface area contributed by atoms with E-state index in [0.717, 1.165) is 32.1 Å². The van der Waals surface area contributed by atoms with Gasteiger partial charge in [-0.2, -0.15) is 0 Å². The Bertz CT molecular complexity index is 803. The van der Waals surface area contributed by atoms with Crippen molar-refractivity contribution in [1.82, 2.24) is 5.32 Å². The van der Waals surface area contributed by atoms with Gasteiger partial charge in [-0.1, -0.05) is 13.8 Å². The molecule has 1 N–H and O–H groups in total. The molecule has 2 aliphatic rings. The molecule has 0 aromatic carbocycles. The Morgan fingerprint density at radius 3 is 2.72 bits per heavy atom. The van der Waals surface area contributed by atoms with Crippen molar-refractivity contribution < 1.29 is 14.3 Å². The van der Waals surface area contributed by atoms with Gasteiger partial charge in [0, 0.05) is 28.3 Å². The number of ether oxygens (including phenoxy) is 1. The maximum Gasteiger partial charge on any atom is 0.336 e. The zero-order valence-electron chi connectivity index (χ0n) is 14.9. The van der Waals surface area contributed by atoms with E-state index >= 15 is 0 Å². The van der Waals surface area contributed by atoms with Gasteiger partial charge >= 0.3 is 5.97 Å².